The number of benzene rings is 1. The fourth-order valence-electron chi connectivity index (χ4n) is 1.92. The monoisotopic (exact) mass is 279 g/mol. The zero-order chi connectivity index (χ0) is 14.9. The highest BCUT2D eigenvalue weighted by Crippen LogP contribution is 2.24. The Kier molecular flexibility index (Phi) is 3.65. The fraction of sp³-hybridized carbons (Fsp3) is 0.357. The van der Waals surface area contributed by atoms with Crippen LogP contribution in [0.4, 0.5) is 8.78 Å². The first-order valence-corrected chi connectivity index (χ1v) is 6.27. The largest absolute Gasteiger partial charge is 0.297 e. The van der Waals surface area contributed by atoms with Gasteiger partial charge in [0.1, 0.15) is 22.9 Å². The molecule has 2 rings (SSSR count). The average molecular weight is 279 g/mol. The van der Waals surface area contributed by atoms with Gasteiger partial charge in [-0.3, -0.25) is 4.79 Å². The van der Waals surface area contributed by atoms with E-state index in [1.165, 1.54) is 16.9 Å². The van der Waals surface area contributed by atoms with Crippen molar-refractivity contribution in [3.8, 4) is 11.3 Å². The average Bonchev–Trinajstić information content (AvgIpc) is 2.87. The Labute approximate surface area is 115 Å². The van der Waals surface area contributed by atoms with Crippen molar-refractivity contribution >= 4 is 5.78 Å². The maximum absolute atomic E-state index is 13.7. The number of hydrogen-bond donors (Lipinski definition) is 0. The molecular weight excluding hydrogens is 264 g/mol. The van der Waals surface area contributed by atoms with Gasteiger partial charge in [-0.1, -0.05) is 12.1 Å². The van der Waals surface area contributed by atoms with Crippen LogP contribution in [0, 0.1) is 11.6 Å². The van der Waals surface area contributed by atoms with Crippen LogP contribution in [0.25, 0.3) is 11.3 Å². The molecule has 1 aromatic heterocycles. The van der Waals surface area contributed by atoms with Crippen molar-refractivity contribution in [1.29, 1.82) is 0 Å². The molecule has 0 aliphatic heterocycles. The van der Waals surface area contributed by atoms with Gasteiger partial charge >= 0.3 is 0 Å². The van der Waals surface area contributed by atoms with Gasteiger partial charge in [0.2, 0.25) is 0 Å². The molecule has 20 heavy (non-hydrogen) atoms. The molecule has 2 aromatic rings. The smallest absolute Gasteiger partial charge is 0.159 e. The lowest BCUT2D eigenvalue weighted by atomic mass is 9.97. The van der Waals surface area contributed by atoms with Crippen LogP contribution in [0.1, 0.15) is 27.2 Å². The molecule has 0 saturated heterocycles. The highest BCUT2D eigenvalue weighted by atomic mass is 19.1. The summed E-state index contributed by atoms with van der Waals surface area (Å²) in [4.78, 5) is 11.9. The molecule has 106 valence electrons. The van der Waals surface area contributed by atoms with E-state index in [0.29, 0.717) is 6.42 Å². The van der Waals surface area contributed by atoms with Crippen molar-refractivity contribution in [1.82, 2.24) is 15.0 Å². The number of carbonyl (C=O) groups excluding carboxylic acids is 1. The highest BCUT2D eigenvalue weighted by molar-refractivity contribution is 5.85. The molecule has 0 aliphatic carbocycles. The molecule has 0 saturated carbocycles. The van der Waals surface area contributed by atoms with Gasteiger partial charge in [0.05, 0.1) is 6.20 Å². The number of rotatable bonds is 4. The fourth-order valence-corrected chi connectivity index (χ4v) is 1.92. The quantitative estimate of drug-likeness (QED) is 0.864. The standard InChI is InChI=1S/C14H15F2N3O/c1-4-13(20)14(2,3)19-8-12(17-18-19)10-6-5-9(15)7-11(10)16/h5-8H,4H2,1-3H3. The summed E-state index contributed by atoms with van der Waals surface area (Å²) in [6.07, 6.45) is 1.86. The number of halogens is 2. The van der Waals surface area contributed by atoms with Crippen LogP contribution < -0.4 is 0 Å². The van der Waals surface area contributed by atoms with Gasteiger partial charge in [-0.05, 0) is 26.0 Å². The molecule has 0 atom stereocenters. The van der Waals surface area contributed by atoms with Gasteiger partial charge in [0.15, 0.2) is 5.78 Å². The number of nitrogens with zero attached hydrogens (tertiary/aromatic N) is 3. The summed E-state index contributed by atoms with van der Waals surface area (Å²) < 4.78 is 28.0. The molecule has 0 unspecified atom stereocenters. The van der Waals surface area contributed by atoms with Crippen LogP contribution in [0.2, 0.25) is 0 Å². The molecule has 4 nitrogen and oxygen atoms in total. The Bertz CT molecular complexity index is 650. The normalized spacial score (nSPS) is 11.7. The summed E-state index contributed by atoms with van der Waals surface area (Å²) in [7, 11) is 0. The van der Waals surface area contributed by atoms with Crippen LogP contribution in [-0.2, 0) is 10.3 Å². The van der Waals surface area contributed by atoms with Crippen LogP contribution in [0.15, 0.2) is 24.4 Å². The van der Waals surface area contributed by atoms with Gasteiger partial charge in [-0.15, -0.1) is 5.10 Å². The zero-order valence-electron chi connectivity index (χ0n) is 11.5. The lowest BCUT2D eigenvalue weighted by molar-refractivity contribution is -0.126. The third-order valence-corrected chi connectivity index (χ3v) is 3.28. The third kappa shape index (κ3) is 2.45. The second-order valence-electron chi connectivity index (χ2n) is 5.01. The topological polar surface area (TPSA) is 47.8 Å². The summed E-state index contributed by atoms with van der Waals surface area (Å²) in [5.74, 6) is -1.37. The first kappa shape index (κ1) is 14.3. The van der Waals surface area contributed by atoms with Crippen molar-refractivity contribution in [3.05, 3.63) is 36.0 Å². The molecule has 0 aliphatic rings. The minimum atomic E-state index is -0.851. The van der Waals surface area contributed by atoms with Crippen LogP contribution in [0.3, 0.4) is 0 Å². The van der Waals surface area contributed by atoms with E-state index in [-0.39, 0.29) is 17.0 Å². The second-order valence-corrected chi connectivity index (χ2v) is 5.01. The molecule has 0 bridgehead atoms. The maximum Gasteiger partial charge on any atom is 0.159 e. The van der Waals surface area contributed by atoms with E-state index < -0.39 is 17.2 Å². The van der Waals surface area contributed by atoms with Gasteiger partial charge in [-0.25, -0.2) is 13.5 Å². The number of ketones is 1. The lowest BCUT2D eigenvalue weighted by Gasteiger charge is -2.22. The van der Waals surface area contributed by atoms with Crippen molar-refractivity contribution in [2.45, 2.75) is 32.7 Å². The molecule has 1 aromatic carbocycles. The molecule has 0 amide bonds. The summed E-state index contributed by atoms with van der Waals surface area (Å²) in [6, 6.07) is 3.24. The Hall–Kier alpha value is -2.11. The van der Waals surface area contributed by atoms with Crippen LogP contribution in [0.5, 0.6) is 0 Å². The number of aromatic nitrogens is 3. The van der Waals surface area contributed by atoms with E-state index in [0.717, 1.165) is 12.1 Å². The van der Waals surface area contributed by atoms with E-state index in [9.17, 15) is 13.6 Å². The van der Waals surface area contributed by atoms with E-state index in [4.69, 9.17) is 0 Å². The molecule has 1 heterocycles. The highest BCUT2D eigenvalue weighted by Gasteiger charge is 2.29. The Balaban J connectivity index is 2.41. The predicted octanol–water partition coefficient (Wildman–Crippen LogP) is 2.94. The van der Waals surface area contributed by atoms with E-state index in [1.54, 1.807) is 20.8 Å². The first-order valence-electron chi connectivity index (χ1n) is 6.27. The molecule has 0 fully saturated rings. The van der Waals surface area contributed by atoms with Crippen molar-refractivity contribution in [3.63, 3.8) is 0 Å². The Morgan fingerprint density at radius 1 is 1.35 bits per heavy atom. The number of Topliss-reactive ketones (excluding diaryl/α,β-unsaturated/α-hetero) is 1. The van der Waals surface area contributed by atoms with E-state index in [2.05, 4.69) is 10.3 Å². The van der Waals surface area contributed by atoms with Crippen molar-refractivity contribution in [2.75, 3.05) is 0 Å². The lowest BCUT2D eigenvalue weighted by Crippen LogP contribution is -2.35. The van der Waals surface area contributed by atoms with Gasteiger partial charge in [-0.2, -0.15) is 0 Å². The molecule has 6 heteroatoms. The summed E-state index contributed by atoms with van der Waals surface area (Å²) in [6.45, 7) is 5.21. The van der Waals surface area contributed by atoms with Gasteiger partial charge in [0.25, 0.3) is 0 Å². The zero-order valence-corrected chi connectivity index (χ0v) is 11.5. The second kappa shape index (κ2) is 5.11. The minimum Gasteiger partial charge on any atom is -0.297 e. The molecule has 0 N–H and O–H groups in total. The maximum atomic E-state index is 13.7. The molecule has 0 spiro atoms. The SMILES string of the molecule is CCC(=O)C(C)(C)n1cc(-c2ccc(F)cc2F)nn1. The van der Waals surface area contributed by atoms with Crippen molar-refractivity contribution < 1.29 is 13.6 Å². The summed E-state index contributed by atoms with van der Waals surface area (Å²) in [5.41, 5.74) is -0.437. The van der Waals surface area contributed by atoms with Crippen molar-refractivity contribution in [2.24, 2.45) is 0 Å². The van der Waals surface area contributed by atoms with E-state index in [1.807, 2.05) is 0 Å². The summed E-state index contributed by atoms with van der Waals surface area (Å²) >= 11 is 0. The summed E-state index contributed by atoms with van der Waals surface area (Å²) in [5, 5.41) is 7.74. The Morgan fingerprint density at radius 2 is 2.05 bits per heavy atom. The van der Waals surface area contributed by atoms with Gasteiger partial charge < -0.3 is 0 Å². The van der Waals surface area contributed by atoms with Gasteiger partial charge in [0, 0.05) is 18.1 Å². The Morgan fingerprint density at radius 3 is 2.65 bits per heavy atom. The number of carbonyl (C=O) groups is 1. The van der Waals surface area contributed by atoms with E-state index >= 15 is 0 Å². The molecule has 0 radical (unpaired) electrons. The minimum absolute atomic E-state index is 0.00599. The first-order chi connectivity index (χ1) is 9.36. The van der Waals surface area contributed by atoms with Crippen LogP contribution >= 0.6 is 0 Å². The molecular formula is C14H15F2N3O. The number of hydrogen-bond acceptors (Lipinski definition) is 3. The van der Waals surface area contributed by atoms with Crippen LogP contribution in [-0.4, -0.2) is 20.8 Å². The third-order valence-electron chi connectivity index (χ3n) is 3.28. The predicted molar refractivity (Wildman–Crippen MR) is 70.0 cm³/mol.